The standard InChI is InChI=1S/C26H30N2O4/c1-3-17(4-2)23-24(29)27-22(21-13-19-7-5-6-8-20(19)14-21)25(30)28(23)15-16-9-11-18(12-10-16)26(31)32/h5-12,17,21-23H,3-4,13-15H2,1-2H3,(H,27,29)(H,31,32)/t22-,23+/m1/s1. The highest BCUT2D eigenvalue weighted by molar-refractivity contribution is 5.97. The number of hydrogen-bond donors (Lipinski definition) is 2. The van der Waals surface area contributed by atoms with Crippen LogP contribution in [0, 0.1) is 11.8 Å². The molecule has 1 saturated heterocycles. The summed E-state index contributed by atoms with van der Waals surface area (Å²) in [5.41, 5.74) is 3.52. The van der Waals surface area contributed by atoms with Crippen LogP contribution in [0.1, 0.15) is 53.7 Å². The molecular weight excluding hydrogens is 404 g/mol. The van der Waals surface area contributed by atoms with Gasteiger partial charge in [-0.15, -0.1) is 0 Å². The molecule has 1 heterocycles. The number of nitrogens with zero attached hydrogens (tertiary/aromatic N) is 1. The fourth-order valence-electron chi connectivity index (χ4n) is 5.24. The highest BCUT2D eigenvalue weighted by Crippen LogP contribution is 2.33. The average Bonchev–Trinajstić information content (AvgIpc) is 3.23. The summed E-state index contributed by atoms with van der Waals surface area (Å²) in [5, 5.41) is 12.2. The summed E-state index contributed by atoms with van der Waals surface area (Å²) in [6.07, 6.45) is 3.17. The number of benzene rings is 2. The molecule has 0 saturated carbocycles. The molecule has 2 aromatic rings. The lowest BCUT2D eigenvalue weighted by Crippen LogP contribution is -2.66. The van der Waals surface area contributed by atoms with E-state index < -0.39 is 18.1 Å². The molecule has 6 nitrogen and oxygen atoms in total. The zero-order chi connectivity index (χ0) is 22.8. The van der Waals surface area contributed by atoms with Crippen LogP contribution >= 0.6 is 0 Å². The maximum atomic E-state index is 13.8. The zero-order valence-electron chi connectivity index (χ0n) is 18.6. The second-order valence-electron chi connectivity index (χ2n) is 8.91. The highest BCUT2D eigenvalue weighted by atomic mass is 16.4. The summed E-state index contributed by atoms with van der Waals surface area (Å²) in [6, 6.07) is 13.7. The smallest absolute Gasteiger partial charge is 0.335 e. The molecule has 32 heavy (non-hydrogen) atoms. The van der Waals surface area contributed by atoms with Gasteiger partial charge in [-0.1, -0.05) is 63.1 Å². The van der Waals surface area contributed by atoms with E-state index in [0.717, 1.165) is 31.2 Å². The minimum Gasteiger partial charge on any atom is -0.478 e. The molecule has 4 rings (SSSR count). The van der Waals surface area contributed by atoms with Crippen molar-refractivity contribution in [3.63, 3.8) is 0 Å². The first-order chi connectivity index (χ1) is 15.4. The zero-order valence-corrected chi connectivity index (χ0v) is 18.6. The molecule has 0 radical (unpaired) electrons. The van der Waals surface area contributed by atoms with Crippen LogP contribution in [0.5, 0.6) is 0 Å². The summed E-state index contributed by atoms with van der Waals surface area (Å²) >= 11 is 0. The van der Waals surface area contributed by atoms with Crippen molar-refractivity contribution in [2.75, 3.05) is 0 Å². The third kappa shape index (κ3) is 4.14. The normalized spacial score (nSPS) is 21.0. The van der Waals surface area contributed by atoms with Gasteiger partial charge in [0.2, 0.25) is 11.8 Å². The van der Waals surface area contributed by atoms with Gasteiger partial charge in [-0.05, 0) is 53.5 Å². The van der Waals surface area contributed by atoms with Crippen molar-refractivity contribution in [2.24, 2.45) is 11.8 Å². The second kappa shape index (κ2) is 9.15. The summed E-state index contributed by atoms with van der Waals surface area (Å²) in [5.74, 6) is -0.994. The van der Waals surface area contributed by atoms with Crippen molar-refractivity contribution < 1.29 is 19.5 Å². The molecule has 1 aliphatic carbocycles. The number of carboxylic acids is 1. The Hall–Kier alpha value is -3.15. The number of amides is 2. The molecule has 6 heteroatoms. The Labute approximate surface area is 188 Å². The number of carbonyl (C=O) groups is 3. The maximum Gasteiger partial charge on any atom is 0.335 e. The Kier molecular flexibility index (Phi) is 6.31. The molecule has 2 N–H and O–H groups in total. The molecule has 0 bridgehead atoms. The van der Waals surface area contributed by atoms with E-state index in [1.165, 1.54) is 11.1 Å². The van der Waals surface area contributed by atoms with Crippen molar-refractivity contribution in [2.45, 2.75) is 58.2 Å². The van der Waals surface area contributed by atoms with Gasteiger partial charge in [0, 0.05) is 6.54 Å². The molecule has 0 unspecified atom stereocenters. The van der Waals surface area contributed by atoms with E-state index in [9.17, 15) is 14.4 Å². The van der Waals surface area contributed by atoms with Gasteiger partial charge in [-0.25, -0.2) is 4.79 Å². The lowest BCUT2D eigenvalue weighted by Gasteiger charge is -2.43. The van der Waals surface area contributed by atoms with Crippen molar-refractivity contribution in [1.29, 1.82) is 0 Å². The number of piperazine rings is 1. The fourth-order valence-corrected chi connectivity index (χ4v) is 5.24. The van der Waals surface area contributed by atoms with Crippen LogP contribution in [-0.2, 0) is 29.0 Å². The lowest BCUT2D eigenvalue weighted by atomic mass is 9.86. The fraction of sp³-hybridized carbons (Fsp3) is 0.423. The number of aromatic carboxylic acids is 1. The van der Waals surface area contributed by atoms with Crippen molar-refractivity contribution in [3.8, 4) is 0 Å². The molecule has 1 fully saturated rings. The second-order valence-corrected chi connectivity index (χ2v) is 8.91. The Balaban J connectivity index is 1.61. The number of carbonyl (C=O) groups excluding carboxylic acids is 2. The van der Waals surface area contributed by atoms with E-state index in [0.29, 0.717) is 6.54 Å². The molecule has 2 aromatic carbocycles. The van der Waals surface area contributed by atoms with Crippen molar-refractivity contribution >= 4 is 17.8 Å². The Morgan fingerprint density at radius 3 is 2.16 bits per heavy atom. The minimum absolute atomic E-state index is 0.0402. The van der Waals surface area contributed by atoms with E-state index in [-0.39, 0.29) is 29.2 Å². The minimum atomic E-state index is -0.985. The molecule has 0 aromatic heterocycles. The summed E-state index contributed by atoms with van der Waals surface area (Å²) in [6.45, 7) is 4.39. The molecule has 2 amide bonds. The quantitative estimate of drug-likeness (QED) is 0.699. The molecule has 2 aliphatic rings. The summed E-state index contributed by atoms with van der Waals surface area (Å²) in [7, 11) is 0. The van der Waals surface area contributed by atoms with Crippen LogP contribution in [0.2, 0.25) is 0 Å². The number of fused-ring (bicyclic) bond motifs is 1. The summed E-state index contributed by atoms with van der Waals surface area (Å²) in [4.78, 5) is 40.0. The van der Waals surface area contributed by atoms with Crippen LogP contribution in [0.15, 0.2) is 48.5 Å². The number of hydrogen-bond acceptors (Lipinski definition) is 3. The van der Waals surface area contributed by atoms with Crippen molar-refractivity contribution in [1.82, 2.24) is 10.2 Å². The Morgan fingerprint density at radius 2 is 1.62 bits per heavy atom. The first kappa shape index (κ1) is 22.1. The van der Waals surface area contributed by atoms with Crippen molar-refractivity contribution in [3.05, 3.63) is 70.8 Å². The maximum absolute atomic E-state index is 13.8. The van der Waals surface area contributed by atoms with Gasteiger partial charge in [0.05, 0.1) is 5.56 Å². The monoisotopic (exact) mass is 434 g/mol. The molecule has 1 aliphatic heterocycles. The average molecular weight is 435 g/mol. The summed E-state index contributed by atoms with van der Waals surface area (Å²) < 4.78 is 0. The van der Waals surface area contributed by atoms with Gasteiger partial charge >= 0.3 is 5.97 Å². The van der Waals surface area contributed by atoms with E-state index in [1.807, 2.05) is 26.0 Å². The molecule has 2 atom stereocenters. The van der Waals surface area contributed by atoms with Gasteiger partial charge in [0.15, 0.2) is 0 Å². The van der Waals surface area contributed by atoms with E-state index in [1.54, 1.807) is 29.2 Å². The van der Waals surface area contributed by atoms with Crippen LogP contribution in [0.4, 0.5) is 0 Å². The Morgan fingerprint density at radius 1 is 1.03 bits per heavy atom. The first-order valence-electron chi connectivity index (χ1n) is 11.4. The van der Waals surface area contributed by atoms with E-state index >= 15 is 0 Å². The number of nitrogens with one attached hydrogen (secondary N) is 1. The van der Waals surface area contributed by atoms with Crippen LogP contribution in [0.25, 0.3) is 0 Å². The van der Waals surface area contributed by atoms with E-state index in [4.69, 9.17) is 5.11 Å². The number of rotatable bonds is 7. The third-order valence-corrected chi connectivity index (χ3v) is 7.05. The molecule has 0 spiro atoms. The van der Waals surface area contributed by atoms with E-state index in [2.05, 4.69) is 17.4 Å². The lowest BCUT2D eigenvalue weighted by molar-refractivity contribution is -0.154. The largest absolute Gasteiger partial charge is 0.478 e. The van der Waals surface area contributed by atoms with Gasteiger partial charge in [0.1, 0.15) is 12.1 Å². The third-order valence-electron chi connectivity index (χ3n) is 7.05. The van der Waals surface area contributed by atoms with Gasteiger partial charge in [0.25, 0.3) is 0 Å². The Bertz CT molecular complexity index is 988. The SMILES string of the molecule is CCC(CC)[C@H]1C(=O)N[C@H](C2Cc3ccccc3C2)C(=O)N1Cc1ccc(C(=O)O)cc1. The predicted molar refractivity (Wildman–Crippen MR) is 121 cm³/mol. The predicted octanol–water partition coefficient (Wildman–Crippen LogP) is 3.43. The molecule has 168 valence electrons. The number of carboxylic acid groups (broad SMARTS) is 1. The molecular formula is C26H30N2O4. The highest BCUT2D eigenvalue weighted by Gasteiger charge is 2.46. The van der Waals surface area contributed by atoms with Crippen LogP contribution in [-0.4, -0.2) is 39.9 Å². The first-order valence-corrected chi connectivity index (χ1v) is 11.4. The topological polar surface area (TPSA) is 86.7 Å². The van der Waals surface area contributed by atoms with Gasteiger partial charge < -0.3 is 15.3 Å². The van der Waals surface area contributed by atoms with Crippen LogP contribution < -0.4 is 5.32 Å². The van der Waals surface area contributed by atoms with Gasteiger partial charge in [-0.3, -0.25) is 9.59 Å². The van der Waals surface area contributed by atoms with Crippen LogP contribution in [0.3, 0.4) is 0 Å². The van der Waals surface area contributed by atoms with Gasteiger partial charge in [-0.2, -0.15) is 0 Å².